The standard InChI is InChI=1S/C18H18F3NO3/c1-5-11-6-12(8-13(7-11)18(19,20)21)15(23)9-14(22)10-16(24)25-17(2,3)4/h1,6-8,22H,9-10H2,2-4H3. The zero-order valence-corrected chi connectivity index (χ0v) is 14.1. The summed E-state index contributed by atoms with van der Waals surface area (Å²) in [6.07, 6.45) is -0.430. The van der Waals surface area contributed by atoms with Crippen molar-refractivity contribution in [2.45, 2.75) is 45.4 Å². The minimum atomic E-state index is -4.65. The van der Waals surface area contributed by atoms with E-state index in [1.54, 1.807) is 20.8 Å². The lowest BCUT2D eigenvalue weighted by atomic mass is 9.99. The van der Waals surface area contributed by atoms with E-state index < -0.39 is 41.9 Å². The van der Waals surface area contributed by atoms with E-state index in [1.807, 2.05) is 0 Å². The van der Waals surface area contributed by atoms with Gasteiger partial charge < -0.3 is 10.1 Å². The number of esters is 1. The zero-order chi connectivity index (χ0) is 19.4. The van der Waals surface area contributed by atoms with Gasteiger partial charge in [0.15, 0.2) is 5.78 Å². The molecule has 0 amide bonds. The second kappa shape index (κ2) is 7.51. The van der Waals surface area contributed by atoms with Crippen molar-refractivity contribution < 1.29 is 27.5 Å². The molecule has 1 aromatic carbocycles. The minimum Gasteiger partial charge on any atom is -0.460 e. The van der Waals surface area contributed by atoms with Crippen LogP contribution in [0.15, 0.2) is 18.2 Å². The van der Waals surface area contributed by atoms with Crippen LogP contribution in [0.3, 0.4) is 0 Å². The third-order valence-electron chi connectivity index (χ3n) is 2.90. The summed E-state index contributed by atoms with van der Waals surface area (Å²) in [7, 11) is 0. The molecule has 0 saturated carbocycles. The van der Waals surface area contributed by atoms with E-state index in [2.05, 4.69) is 5.92 Å². The highest BCUT2D eigenvalue weighted by atomic mass is 19.4. The Kier molecular flexibility index (Phi) is 6.14. The molecule has 25 heavy (non-hydrogen) atoms. The molecule has 0 spiro atoms. The Morgan fingerprint density at radius 3 is 2.24 bits per heavy atom. The van der Waals surface area contributed by atoms with Crippen molar-refractivity contribution in [2.24, 2.45) is 0 Å². The van der Waals surface area contributed by atoms with Gasteiger partial charge in [-0.2, -0.15) is 13.2 Å². The molecule has 1 N–H and O–H groups in total. The summed E-state index contributed by atoms with van der Waals surface area (Å²) in [5.74, 6) is 0.658. The number of benzene rings is 1. The summed E-state index contributed by atoms with van der Waals surface area (Å²) < 4.78 is 43.6. The number of Topliss-reactive ketones (excluding diaryl/α,β-unsaturated/α-hetero) is 1. The second-order valence-corrected chi connectivity index (χ2v) is 6.41. The Morgan fingerprint density at radius 2 is 1.76 bits per heavy atom. The van der Waals surface area contributed by atoms with Gasteiger partial charge in [0.1, 0.15) is 5.60 Å². The van der Waals surface area contributed by atoms with Gasteiger partial charge in [-0.3, -0.25) is 9.59 Å². The van der Waals surface area contributed by atoms with Gasteiger partial charge in [0, 0.05) is 23.3 Å². The van der Waals surface area contributed by atoms with E-state index >= 15 is 0 Å². The lowest BCUT2D eigenvalue weighted by Gasteiger charge is -2.19. The molecule has 0 radical (unpaired) electrons. The fraction of sp³-hybridized carbons (Fsp3) is 0.389. The molecule has 0 unspecified atom stereocenters. The molecule has 0 saturated heterocycles. The highest BCUT2D eigenvalue weighted by Crippen LogP contribution is 2.31. The molecule has 1 rings (SSSR count). The number of carbonyl (C=O) groups excluding carboxylic acids is 2. The number of alkyl halides is 3. The largest absolute Gasteiger partial charge is 0.460 e. The van der Waals surface area contributed by atoms with Crippen molar-refractivity contribution in [3.63, 3.8) is 0 Å². The van der Waals surface area contributed by atoms with Crippen LogP contribution in [0, 0.1) is 17.8 Å². The number of carbonyl (C=O) groups is 2. The number of nitrogens with one attached hydrogen (secondary N) is 1. The number of halogens is 3. The van der Waals surface area contributed by atoms with Crippen molar-refractivity contribution in [2.75, 3.05) is 0 Å². The molecule has 7 heteroatoms. The average Bonchev–Trinajstić information content (AvgIpc) is 2.43. The molecule has 0 aliphatic heterocycles. The monoisotopic (exact) mass is 353 g/mol. The van der Waals surface area contributed by atoms with Crippen LogP contribution >= 0.6 is 0 Å². The Hall–Kier alpha value is -2.62. The first-order valence-corrected chi connectivity index (χ1v) is 7.32. The van der Waals surface area contributed by atoms with Gasteiger partial charge in [-0.25, -0.2) is 0 Å². The fourth-order valence-corrected chi connectivity index (χ4v) is 1.95. The maximum atomic E-state index is 12.9. The smallest absolute Gasteiger partial charge is 0.416 e. The molecule has 134 valence electrons. The first-order valence-electron chi connectivity index (χ1n) is 7.32. The van der Waals surface area contributed by atoms with E-state index in [4.69, 9.17) is 16.6 Å². The first-order chi connectivity index (χ1) is 11.3. The highest BCUT2D eigenvalue weighted by Gasteiger charge is 2.31. The van der Waals surface area contributed by atoms with Gasteiger partial charge >= 0.3 is 12.1 Å². The Bertz CT molecular complexity index is 737. The number of ether oxygens (including phenoxy) is 1. The number of hydrogen-bond donors (Lipinski definition) is 1. The summed E-state index contributed by atoms with van der Waals surface area (Å²) in [5, 5.41) is 7.70. The van der Waals surface area contributed by atoms with Gasteiger partial charge in [0.05, 0.1) is 12.0 Å². The molecule has 0 aliphatic rings. The van der Waals surface area contributed by atoms with Crippen molar-refractivity contribution >= 4 is 17.5 Å². The third kappa shape index (κ3) is 6.79. The number of hydrogen-bond acceptors (Lipinski definition) is 4. The van der Waals surface area contributed by atoms with Gasteiger partial charge in [0.2, 0.25) is 0 Å². The average molecular weight is 353 g/mol. The summed E-state index contributed by atoms with van der Waals surface area (Å²) in [4.78, 5) is 23.8. The first kappa shape index (κ1) is 20.4. The van der Waals surface area contributed by atoms with E-state index in [9.17, 15) is 22.8 Å². The lowest BCUT2D eigenvalue weighted by molar-refractivity contribution is -0.153. The van der Waals surface area contributed by atoms with Gasteiger partial charge in [0.25, 0.3) is 0 Å². The number of rotatable bonds is 5. The Balaban J connectivity index is 2.89. The molecule has 1 aromatic rings. The highest BCUT2D eigenvalue weighted by molar-refractivity contribution is 6.12. The van der Waals surface area contributed by atoms with E-state index in [-0.39, 0.29) is 16.8 Å². The number of ketones is 1. The van der Waals surface area contributed by atoms with Crippen molar-refractivity contribution in [3.8, 4) is 12.3 Å². The van der Waals surface area contributed by atoms with Crippen LogP contribution in [0.5, 0.6) is 0 Å². The van der Waals surface area contributed by atoms with E-state index in [1.165, 1.54) is 0 Å². The van der Waals surface area contributed by atoms with Crippen LogP contribution in [-0.4, -0.2) is 23.1 Å². The van der Waals surface area contributed by atoms with Crippen LogP contribution in [0.1, 0.15) is 55.1 Å². The van der Waals surface area contributed by atoms with E-state index in [0.29, 0.717) is 6.07 Å². The topological polar surface area (TPSA) is 67.2 Å². The van der Waals surface area contributed by atoms with Crippen LogP contribution < -0.4 is 0 Å². The molecule has 0 atom stereocenters. The van der Waals surface area contributed by atoms with Crippen molar-refractivity contribution in [3.05, 3.63) is 34.9 Å². The molecular formula is C18H18F3NO3. The summed E-state index contributed by atoms with van der Waals surface area (Å²) in [6.45, 7) is 4.97. The maximum absolute atomic E-state index is 12.9. The maximum Gasteiger partial charge on any atom is 0.416 e. The SMILES string of the molecule is C#Cc1cc(C(=O)CC(=N)CC(=O)OC(C)(C)C)cc(C(F)(F)F)c1. The zero-order valence-electron chi connectivity index (χ0n) is 14.1. The third-order valence-corrected chi connectivity index (χ3v) is 2.90. The molecule has 0 bridgehead atoms. The predicted molar refractivity (Wildman–Crippen MR) is 86.5 cm³/mol. The summed E-state index contributed by atoms with van der Waals surface area (Å²) >= 11 is 0. The fourth-order valence-electron chi connectivity index (χ4n) is 1.95. The molecule has 0 aromatic heterocycles. The van der Waals surface area contributed by atoms with Crippen LogP contribution in [-0.2, 0) is 15.7 Å². The van der Waals surface area contributed by atoms with Crippen molar-refractivity contribution in [1.82, 2.24) is 0 Å². The molecule has 0 aliphatic carbocycles. The van der Waals surface area contributed by atoms with Crippen LogP contribution in [0.4, 0.5) is 13.2 Å². The molecule has 4 nitrogen and oxygen atoms in total. The molecule has 0 fully saturated rings. The molecule has 0 heterocycles. The van der Waals surface area contributed by atoms with E-state index in [0.717, 1.165) is 12.1 Å². The van der Waals surface area contributed by atoms with Gasteiger partial charge in [-0.15, -0.1) is 6.42 Å². The van der Waals surface area contributed by atoms with Gasteiger partial charge in [-0.05, 0) is 39.0 Å². The summed E-state index contributed by atoms with van der Waals surface area (Å²) in [6, 6.07) is 2.60. The Labute approximate surface area is 143 Å². The van der Waals surface area contributed by atoms with Gasteiger partial charge in [-0.1, -0.05) is 5.92 Å². The van der Waals surface area contributed by atoms with Crippen LogP contribution in [0.25, 0.3) is 0 Å². The minimum absolute atomic E-state index is 0.0863. The summed E-state index contributed by atoms with van der Waals surface area (Å²) in [5.41, 5.74) is -2.36. The predicted octanol–water partition coefficient (Wildman–Crippen LogP) is 4.01. The lowest BCUT2D eigenvalue weighted by Crippen LogP contribution is -2.25. The van der Waals surface area contributed by atoms with Crippen LogP contribution in [0.2, 0.25) is 0 Å². The second-order valence-electron chi connectivity index (χ2n) is 6.41. The quantitative estimate of drug-likeness (QED) is 0.376. The van der Waals surface area contributed by atoms with Crippen molar-refractivity contribution in [1.29, 1.82) is 5.41 Å². The number of terminal acetylenes is 1. The normalized spacial score (nSPS) is 11.6. The molecular weight excluding hydrogens is 335 g/mol. The Morgan fingerprint density at radius 1 is 1.16 bits per heavy atom.